The molecule has 2 N–H and O–H groups in total. The zero-order valence-corrected chi connectivity index (χ0v) is 12.6. The van der Waals surface area contributed by atoms with Gasteiger partial charge in [-0.2, -0.15) is 0 Å². The van der Waals surface area contributed by atoms with Gasteiger partial charge >= 0.3 is 0 Å². The maximum Gasteiger partial charge on any atom is 0.295 e. The zero-order chi connectivity index (χ0) is 14.5. The standard InChI is InChI=1S/C13H15BrN4O2/c1-2-15-6-7-16-12-9-4-3-5-11(18(19)20)13(9)17-8-10(12)14/h3-5,8,15H,2,6-7H2,1H3,(H,16,17). The van der Waals surface area contributed by atoms with Gasteiger partial charge in [0.05, 0.1) is 15.1 Å². The molecule has 0 saturated carbocycles. The van der Waals surface area contributed by atoms with Crippen molar-refractivity contribution in [1.29, 1.82) is 0 Å². The normalized spacial score (nSPS) is 10.7. The van der Waals surface area contributed by atoms with Gasteiger partial charge in [0.2, 0.25) is 0 Å². The van der Waals surface area contributed by atoms with Crippen LogP contribution in [0.1, 0.15) is 6.92 Å². The van der Waals surface area contributed by atoms with Gasteiger partial charge in [0.15, 0.2) is 0 Å². The Balaban J connectivity index is 2.40. The van der Waals surface area contributed by atoms with Crippen molar-refractivity contribution in [3.63, 3.8) is 0 Å². The first-order chi connectivity index (χ1) is 9.65. The molecule has 0 spiro atoms. The number of non-ortho nitro benzene ring substituents is 1. The summed E-state index contributed by atoms with van der Waals surface area (Å²) in [5.74, 6) is 0. The predicted molar refractivity (Wildman–Crippen MR) is 83.1 cm³/mol. The van der Waals surface area contributed by atoms with E-state index in [0.29, 0.717) is 5.52 Å². The van der Waals surface area contributed by atoms with Crippen molar-refractivity contribution >= 4 is 38.2 Å². The number of nitrogens with one attached hydrogen (secondary N) is 2. The number of nitrogens with zero attached hydrogens (tertiary/aromatic N) is 2. The van der Waals surface area contributed by atoms with Crippen molar-refractivity contribution in [2.45, 2.75) is 6.92 Å². The number of fused-ring (bicyclic) bond motifs is 1. The van der Waals surface area contributed by atoms with E-state index in [-0.39, 0.29) is 5.69 Å². The van der Waals surface area contributed by atoms with E-state index in [1.807, 2.05) is 13.0 Å². The van der Waals surface area contributed by atoms with E-state index in [9.17, 15) is 10.1 Å². The number of anilines is 1. The Morgan fingerprint density at radius 2 is 2.20 bits per heavy atom. The number of halogens is 1. The van der Waals surface area contributed by atoms with Crippen molar-refractivity contribution in [3.8, 4) is 0 Å². The molecule has 106 valence electrons. The Morgan fingerprint density at radius 1 is 1.40 bits per heavy atom. The number of nitro groups is 1. The number of nitro benzene ring substituents is 1. The van der Waals surface area contributed by atoms with Gasteiger partial charge in [0.25, 0.3) is 5.69 Å². The quantitative estimate of drug-likeness (QED) is 0.481. The number of hydrogen-bond acceptors (Lipinski definition) is 5. The van der Waals surface area contributed by atoms with Crippen LogP contribution in [0.5, 0.6) is 0 Å². The van der Waals surface area contributed by atoms with Crippen molar-refractivity contribution in [1.82, 2.24) is 10.3 Å². The number of rotatable bonds is 6. The second-order valence-electron chi connectivity index (χ2n) is 4.19. The highest BCUT2D eigenvalue weighted by Crippen LogP contribution is 2.33. The topological polar surface area (TPSA) is 80.1 Å². The largest absolute Gasteiger partial charge is 0.382 e. The lowest BCUT2D eigenvalue weighted by Crippen LogP contribution is -2.21. The van der Waals surface area contributed by atoms with Gasteiger partial charge in [-0.1, -0.05) is 19.1 Å². The Bertz CT molecular complexity index is 633. The predicted octanol–water partition coefficient (Wildman–Crippen LogP) is 2.93. The van der Waals surface area contributed by atoms with Gasteiger partial charge in [-0.25, -0.2) is 4.98 Å². The molecule has 0 aliphatic carbocycles. The lowest BCUT2D eigenvalue weighted by Gasteiger charge is -2.11. The molecule has 0 saturated heterocycles. The molecule has 0 aliphatic heterocycles. The van der Waals surface area contributed by atoms with Crippen molar-refractivity contribution in [3.05, 3.63) is 39.0 Å². The average Bonchev–Trinajstić information content (AvgIpc) is 2.44. The van der Waals surface area contributed by atoms with E-state index < -0.39 is 4.92 Å². The smallest absolute Gasteiger partial charge is 0.295 e. The Hall–Kier alpha value is -1.73. The minimum atomic E-state index is -0.411. The third-order valence-corrected chi connectivity index (χ3v) is 3.48. The summed E-state index contributed by atoms with van der Waals surface area (Å²) in [6.45, 7) is 4.50. The van der Waals surface area contributed by atoms with Crippen molar-refractivity contribution in [2.24, 2.45) is 0 Å². The Kier molecular flexibility index (Phi) is 4.86. The Morgan fingerprint density at radius 3 is 2.90 bits per heavy atom. The molecule has 0 radical (unpaired) electrons. The number of hydrogen-bond donors (Lipinski definition) is 2. The zero-order valence-electron chi connectivity index (χ0n) is 11.0. The monoisotopic (exact) mass is 338 g/mol. The van der Waals surface area contributed by atoms with Crippen LogP contribution < -0.4 is 10.6 Å². The molecular weight excluding hydrogens is 324 g/mol. The number of para-hydroxylation sites is 1. The lowest BCUT2D eigenvalue weighted by molar-refractivity contribution is -0.383. The van der Waals surface area contributed by atoms with Crippen LogP contribution in [-0.2, 0) is 0 Å². The second kappa shape index (κ2) is 6.62. The molecule has 0 atom stereocenters. The van der Waals surface area contributed by atoms with E-state index in [1.54, 1.807) is 12.3 Å². The van der Waals surface area contributed by atoms with Crippen LogP contribution in [0.25, 0.3) is 10.9 Å². The van der Waals surface area contributed by atoms with Gasteiger partial charge in [-0.3, -0.25) is 10.1 Å². The number of aromatic nitrogens is 1. The lowest BCUT2D eigenvalue weighted by atomic mass is 10.1. The molecule has 1 aromatic heterocycles. The van der Waals surface area contributed by atoms with Crippen molar-refractivity contribution < 1.29 is 4.92 Å². The molecule has 0 unspecified atom stereocenters. The fraction of sp³-hybridized carbons (Fsp3) is 0.308. The van der Waals surface area contributed by atoms with E-state index in [0.717, 1.165) is 35.2 Å². The van der Waals surface area contributed by atoms with E-state index in [4.69, 9.17) is 0 Å². The summed E-state index contributed by atoms with van der Waals surface area (Å²) < 4.78 is 0.794. The van der Waals surface area contributed by atoms with Gasteiger partial charge in [0.1, 0.15) is 5.52 Å². The molecule has 2 rings (SSSR count). The van der Waals surface area contributed by atoms with Gasteiger partial charge in [-0.15, -0.1) is 0 Å². The summed E-state index contributed by atoms with van der Waals surface area (Å²) in [6, 6.07) is 4.96. The molecule has 2 aromatic rings. The average molecular weight is 339 g/mol. The maximum absolute atomic E-state index is 11.0. The van der Waals surface area contributed by atoms with Crippen LogP contribution in [0.4, 0.5) is 11.4 Å². The van der Waals surface area contributed by atoms with Crippen LogP contribution in [0, 0.1) is 10.1 Å². The molecule has 6 nitrogen and oxygen atoms in total. The molecule has 0 amide bonds. The summed E-state index contributed by atoms with van der Waals surface area (Å²) in [6.07, 6.45) is 1.59. The fourth-order valence-electron chi connectivity index (χ4n) is 1.96. The molecule has 7 heteroatoms. The summed E-state index contributed by atoms with van der Waals surface area (Å²) in [5, 5.41) is 18.3. The maximum atomic E-state index is 11.0. The van der Waals surface area contributed by atoms with E-state index in [2.05, 4.69) is 31.5 Å². The number of pyridine rings is 1. The highest BCUT2D eigenvalue weighted by atomic mass is 79.9. The highest BCUT2D eigenvalue weighted by Gasteiger charge is 2.16. The summed E-state index contributed by atoms with van der Waals surface area (Å²) >= 11 is 3.43. The third-order valence-electron chi connectivity index (χ3n) is 2.88. The van der Waals surface area contributed by atoms with Crippen LogP contribution in [0.15, 0.2) is 28.9 Å². The van der Waals surface area contributed by atoms with Crippen LogP contribution >= 0.6 is 15.9 Å². The highest BCUT2D eigenvalue weighted by molar-refractivity contribution is 9.10. The first kappa shape index (κ1) is 14.7. The van der Waals surface area contributed by atoms with E-state index in [1.165, 1.54) is 6.07 Å². The number of likely N-dealkylation sites (N-methyl/N-ethyl adjacent to an activating group) is 1. The van der Waals surface area contributed by atoms with Crippen LogP contribution in [0.3, 0.4) is 0 Å². The third kappa shape index (κ3) is 3.05. The molecule has 0 fully saturated rings. The second-order valence-corrected chi connectivity index (χ2v) is 5.05. The van der Waals surface area contributed by atoms with Gasteiger partial charge < -0.3 is 10.6 Å². The first-order valence-corrected chi connectivity index (χ1v) is 7.10. The SMILES string of the molecule is CCNCCNc1c(Br)cnc2c([N+](=O)[O-])cccc12. The van der Waals surface area contributed by atoms with E-state index >= 15 is 0 Å². The minimum absolute atomic E-state index is 0.0183. The molecular formula is C13H15BrN4O2. The van der Waals surface area contributed by atoms with Gasteiger partial charge in [-0.05, 0) is 22.5 Å². The molecule has 1 aromatic carbocycles. The fourth-order valence-corrected chi connectivity index (χ4v) is 2.42. The molecule has 20 heavy (non-hydrogen) atoms. The van der Waals surface area contributed by atoms with Crippen LogP contribution in [-0.4, -0.2) is 29.5 Å². The number of benzene rings is 1. The van der Waals surface area contributed by atoms with Gasteiger partial charge in [0, 0.05) is 30.7 Å². The van der Waals surface area contributed by atoms with Crippen LogP contribution in [0.2, 0.25) is 0 Å². The summed E-state index contributed by atoms with van der Waals surface area (Å²) in [5.41, 5.74) is 1.24. The molecule has 1 heterocycles. The van der Waals surface area contributed by atoms with Crippen molar-refractivity contribution in [2.75, 3.05) is 25.0 Å². The molecule has 0 bridgehead atoms. The minimum Gasteiger partial charge on any atom is -0.382 e. The summed E-state index contributed by atoms with van der Waals surface area (Å²) in [7, 11) is 0. The summed E-state index contributed by atoms with van der Waals surface area (Å²) in [4.78, 5) is 14.8. The first-order valence-electron chi connectivity index (χ1n) is 6.31. The molecule has 0 aliphatic rings. The Labute approximate surface area is 124 Å².